The van der Waals surface area contributed by atoms with Crippen molar-refractivity contribution in [2.45, 2.75) is 39.6 Å². The first-order valence-electron chi connectivity index (χ1n) is 7.29. The standard InChI is InChI=1S/C15H23ClN4/c1-4-19(5-2)7-6-8-20-14(10-16)18-13-9-12(3)11-17-15(13)20/h9,11H,4-8,10H2,1-3H3. The summed E-state index contributed by atoms with van der Waals surface area (Å²) in [7, 11) is 0. The maximum absolute atomic E-state index is 6.02. The van der Waals surface area contributed by atoms with Crippen molar-refractivity contribution in [2.24, 2.45) is 0 Å². The quantitative estimate of drug-likeness (QED) is 0.735. The Morgan fingerprint density at radius 1 is 1.30 bits per heavy atom. The summed E-state index contributed by atoms with van der Waals surface area (Å²) in [5, 5.41) is 0. The van der Waals surface area contributed by atoms with Gasteiger partial charge in [-0.2, -0.15) is 0 Å². The van der Waals surface area contributed by atoms with E-state index in [1.54, 1.807) is 0 Å². The summed E-state index contributed by atoms with van der Waals surface area (Å²) in [6.45, 7) is 10.6. The van der Waals surface area contributed by atoms with Gasteiger partial charge < -0.3 is 9.47 Å². The van der Waals surface area contributed by atoms with Crippen LogP contribution < -0.4 is 0 Å². The highest BCUT2D eigenvalue weighted by atomic mass is 35.5. The van der Waals surface area contributed by atoms with Crippen LogP contribution >= 0.6 is 11.6 Å². The van der Waals surface area contributed by atoms with E-state index in [0.29, 0.717) is 5.88 Å². The number of alkyl halides is 1. The largest absolute Gasteiger partial charge is 0.312 e. The highest BCUT2D eigenvalue weighted by Gasteiger charge is 2.11. The zero-order valence-electron chi connectivity index (χ0n) is 12.6. The smallest absolute Gasteiger partial charge is 0.160 e. The molecular formula is C15H23ClN4. The highest BCUT2D eigenvalue weighted by molar-refractivity contribution is 6.16. The van der Waals surface area contributed by atoms with Crippen molar-refractivity contribution >= 4 is 22.8 Å². The number of aryl methyl sites for hydroxylation is 2. The van der Waals surface area contributed by atoms with Crippen LogP contribution in [-0.2, 0) is 12.4 Å². The van der Waals surface area contributed by atoms with Crippen molar-refractivity contribution < 1.29 is 0 Å². The summed E-state index contributed by atoms with van der Waals surface area (Å²) in [6.07, 6.45) is 2.98. The van der Waals surface area contributed by atoms with Crippen LogP contribution in [0, 0.1) is 6.92 Å². The summed E-state index contributed by atoms with van der Waals surface area (Å²) in [6, 6.07) is 2.07. The first-order chi connectivity index (χ1) is 9.69. The second-order valence-corrected chi connectivity index (χ2v) is 5.32. The number of nitrogens with zero attached hydrogens (tertiary/aromatic N) is 4. The van der Waals surface area contributed by atoms with Gasteiger partial charge in [0, 0.05) is 12.7 Å². The molecule has 0 saturated heterocycles. The van der Waals surface area contributed by atoms with Gasteiger partial charge in [0.15, 0.2) is 5.65 Å². The molecule has 110 valence electrons. The normalized spacial score (nSPS) is 11.7. The van der Waals surface area contributed by atoms with E-state index in [9.17, 15) is 0 Å². The molecule has 5 heteroatoms. The van der Waals surface area contributed by atoms with Crippen LogP contribution in [0.1, 0.15) is 31.7 Å². The number of fused-ring (bicyclic) bond motifs is 1. The Kier molecular flexibility index (Phi) is 5.38. The van der Waals surface area contributed by atoms with Crippen molar-refractivity contribution in [1.29, 1.82) is 0 Å². The zero-order valence-corrected chi connectivity index (χ0v) is 13.3. The minimum absolute atomic E-state index is 0.431. The third-order valence-corrected chi connectivity index (χ3v) is 3.91. The Morgan fingerprint density at radius 3 is 2.70 bits per heavy atom. The lowest BCUT2D eigenvalue weighted by molar-refractivity contribution is 0.293. The number of halogens is 1. The number of rotatable bonds is 7. The van der Waals surface area contributed by atoms with Gasteiger partial charge in [0.05, 0.1) is 5.88 Å². The summed E-state index contributed by atoms with van der Waals surface area (Å²) >= 11 is 6.02. The monoisotopic (exact) mass is 294 g/mol. The van der Waals surface area contributed by atoms with Crippen LogP contribution in [0.15, 0.2) is 12.3 Å². The molecule has 0 radical (unpaired) electrons. The van der Waals surface area contributed by atoms with Gasteiger partial charge in [-0.25, -0.2) is 9.97 Å². The van der Waals surface area contributed by atoms with E-state index < -0.39 is 0 Å². The molecule has 0 spiro atoms. The molecule has 0 aromatic carbocycles. The van der Waals surface area contributed by atoms with Gasteiger partial charge in [0.1, 0.15) is 11.3 Å². The van der Waals surface area contributed by atoms with Crippen LogP contribution in [0.3, 0.4) is 0 Å². The maximum atomic E-state index is 6.02. The van der Waals surface area contributed by atoms with E-state index in [-0.39, 0.29) is 0 Å². The molecule has 0 fully saturated rings. The molecule has 0 aliphatic rings. The average Bonchev–Trinajstić information content (AvgIpc) is 2.80. The third kappa shape index (κ3) is 3.30. The van der Waals surface area contributed by atoms with E-state index in [4.69, 9.17) is 11.6 Å². The van der Waals surface area contributed by atoms with E-state index in [1.165, 1.54) is 0 Å². The second-order valence-electron chi connectivity index (χ2n) is 5.05. The van der Waals surface area contributed by atoms with Crippen molar-refractivity contribution in [3.05, 3.63) is 23.7 Å². The molecule has 0 aliphatic carbocycles. The summed E-state index contributed by atoms with van der Waals surface area (Å²) in [5.41, 5.74) is 3.03. The molecule has 20 heavy (non-hydrogen) atoms. The number of imidazole rings is 1. The summed E-state index contributed by atoms with van der Waals surface area (Å²) < 4.78 is 2.16. The number of hydrogen-bond acceptors (Lipinski definition) is 3. The molecule has 0 N–H and O–H groups in total. The van der Waals surface area contributed by atoms with Gasteiger partial charge in [-0.1, -0.05) is 13.8 Å². The third-order valence-electron chi connectivity index (χ3n) is 3.67. The first-order valence-corrected chi connectivity index (χ1v) is 7.83. The summed E-state index contributed by atoms with van der Waals surface area (Å²) in [4.78, 5) is 11.5. The molecule has 0 aliphatic heterocycles. The van der Waals surface area contributed by atoms with Crippen molar-refractivity contribution in [1.82, 2.24) is 19.4 Å². The molecule has 2 rings (SSSR count). The van der Waals surface area contributed by atoms with Crippen LogP contribution in [-0.4, -0.2) is 39.1 Å². The fourth-order valence-corrected chi connectivity index (χ4v) is 2.69. The van der Waals surface area contributed by atoms with E-state index in [1.807, 2.05) is 13.1 Å². The predicted octanol–water partition coefficient (Wildman–Crippen LogP) is 3.21. The maximum Gasteiger partial charge on any atom is 0.160 e. The first kappa shape index (κ1) is 15.3. The lowest BCUT2D eigenvalue weighted by atomic mass is 10.3. The molecule has 2 heterocycles. The van der Waals surface area contributed by atoms with Gasteiger partial charge in [-0.15, -0.1) is 11.6 Å². The fourth-order valence-electron chi connectivity index (χ4n) is 2.49. The number of aromatic nitrogens is 3. The van der Waals surface area contributed by atoms with Gasteiger partial charge in [0.25, 0.3) is 0 Å². The molecule has 0 saturated carbocycles. The Morgan fingerprint density at radius 2 is 2.05 bits per heavy atom. The minimum Gasteiger partial charge on any atom is -0.312 e. The average molecular weight is 295 g/mol. The van der Waals surface area contributed by atoms with Crippen LogP contribution in [0.5, 0.6) is 0 Å². The fraction of sp³-hybridized carbons (Fsp3) is 0.600. The van der Waals surface area contributed by atoms with Crippen LogP contribution in [0.25, 0.3) is 11.2 Å². The number of pyridine rings is 1. The van der Waals surface area contributed by atoms with Gasteiger partial charge >= 0.3 is 0 Å². The van der Waals surface area contributed by atoms with Crippen LogP contribution in [0.2, 0.25) is 0 Å². The molecule has 2 aromatic rings. The highest BCUT2D eigenvalue weighted by Crippen LogP contribution is 2.17. The zero-order chi connectivity index (χ0) is 14.5. The predicted molar refractivity (Wildman–Crippen MR) is 84.2 cm³/mol. The van der Waals surface area contributed by atoms with Crippen molar-refractivity contribution in [2.75, 3.05) is 19.6 Å². The topological polar surface area (TPSA) is 34.0 Å². The summed E-state index contributed by atoms with van der Waals surface area (Å²) in [5.74, 6) is 1.35. The van der Waals surface area contributed by atoms with Crippen molar-refractivity contribution in [3.63, 3.8) is 0 Å². The van der Waals surface area contributed by atoms with Crippen LogP contribution in [0.4, 0.5) is 0 Å². The molecule has 0 bridgehead atoms. The Bertz CT molecular complexity index is 560. The lowest BCUT2D eigenvalue weighted by Gasteiger charge is -2.18. The number of hydrogen-bond donors (Lipinski definition) is 0. The minimum atomic E-state index is 0.431. The molecule has 0 unspecified atom stereocenters. The molecule has 0 atom stereocenters. The van der Waals surface area contributed by atoms with E-state index in [2.05, 4.69) is 39.3 Å². The van der Waals surface area contributed by atoms with Crippen molar-refractivity contribution in [3.8, 4) is 0 Å². The van der Waals surface area contributed by atoms with Gasteiger partial charge in [-0.3, -0.25) is 0 Å². The van der Waals surface area contributed by atoms with Gasteiger partial charge in [-0.05, 0) is 44.6 Å². The SMILES string of the molecule is CCN(CC)CCCn1c(CCl)nc2cc(C)cnc21. The lowest BCUT2D eigenvalue weighted by Crippen LogP contribution is -2.25. The Labute approximate surface area is 125 Å². The second kappa shape index (κ2) is 7.04. The molecule has 2 aromatic heterocycles. The molecule has 0 amide bonds. The Hall–Kier alpha value is -1.13. The molecular weight excluding hydrogens is 272 g/mol. The van der Waals surface area contributed by atoms with E-state index in [0.717, 1.165) is 55.2 Å². The van der Waals surface area contributed by atoms with Gasteiger partial charge in [0.2, 0.25) is 0 Å². The molecule has 4 nitrogen and oxygen atoms in total. The Balaban J connectivity index is 2.15. The van der Waals surface area contributed by atoms with E-state index >= 15 is 0 Å².